The fourth-order valence-corrected chi connectivity index (χ4v) is 1.48. The summed E-state index contributed by atoms with van der Waals surface area (Å²) in [6, 6.07) is 3.24. The van der Waals surface area contributed by atoms with Crippen LogP contribution < -0.4 is 15.8 Å². The van der Waals surface area contributed by atoms with Crippen molar-refractivity contribution in [3.63, 3.8) is 0 Å². The predicted molar refractivity (Wildman–Crippen MR) is 56.1 cm³/mol. The van der Waals surface area contributed by atoms with Gasteiger partial charge in [-0.1, -0.05) is 11.6 Å². The number of hydrogen-bond donors (Lipinski definition) is 2. The largest absolute Gasteiger partial charge is 0.494 e. The van der Waals surface area contributed by atoms with Gasteiger partial charge in [0.05, 0.1) is 18.4 Å². The lowest BCUT2D eigenvalue weighted by atomic mass is 10.1. The topological polar surface area (TPSA) is 64.3 Å². The van der Waals surface area contributed by atoms with Gasteiger partial charge in [-0.15, -0.1) is 0 Å². The second kappa shape index (κ2) is 4.19. The first-order valence-corrected chi connectivity index (χ1v) is 4.33. The van der Waals surface area contributed by atoms with Gasteiger partial charge in [0.15, 0.2) is 5.75 Å². The molecular formula is C9H11ClN2O2. The summed E-state index contributed by atoms with van der Waals surface area (Å²) in [7, 11) is 3.16. The van der Waals surface area contributed by atoms with Gasteiger partial charge in [0.1, 0.15) is 5.02 Å². The molecule has 0 heterocycles. The van der Waals surface area contributed by atoms with Gasteiger partial charge in [-0.25, -0.2) is 0 Å². The number of ether oxygens (including phenoxy) is 1. The normalized spacial score (nSPS) is 9.64. The maximum absolute atomic E-state index is 11.0. The number of amides is 1. The highest BCUT2D eigenvalue weighted by molar-refractivity contribution is 6.35. The first kappa shape index (κ1) is 10.7. The highest BCUT2D eigenvalue weighted by Crippen LogP contribution is 2.34. The molecule has 4 nitrogen and oxygen atoms in total. The number of halogens is 1. The molecule has 0 unspecified atom stereocenters. The molecule has 0 aromatic heterocycles. The van der Waals surface area contributed by atoms with E-state index in [0.717, 1.165) is 0 Å². The number of carbonyl (C=O) groups is 1. The van der Waals surface area contributed by atoms with E-state index in [1.54, 1.807) is 19.2 Å². The highest BCUT2D eigenvalue weighted by atomic mass is 35.5. The molecule has 76 valence electrons. The molecule has 3 N–H and O–H groups in total. The zero-order valence-corrected chi connectivity index (χ0v) is 8.68. The summed E-state index contributed by atoms with van der Waals surface area (Å²) in [6.07, 6.45) is 0. The van der Waals surface area contributed by atoms with Gasteiger partial charge in [-0.2, -0.15) is 0 Å². The average Bonchev–Trinajstić information content (AvgIpc) is 2.17. The molecule has 0 atom stereocenters. The van der Waals surface area contributed by atoms with Gasteiger partial charge in [0, 0.05) is 7.05 Å². The summed E-state index contributed by atoms with van der Waals surface area (Å²) in [4.78, 5) is 11.0. The number of nitrogens with two attached hydrogens (primary N) is 1. The molecule has 5 heteroatoms. The first-order chi connectivity index (χ1) is 6.61. The second-order valence-electron chi connectivity index (χ2n) is 2.62. The van der Waals surface area contributed by atoms with Crippen LogP contribution in [-0.2, 0) is 0 Å². The number of carbonyl (C=O) groups excluding carboxylic acids is 1. The Kier molecular flexibility index (Phi) is 3.19. The zero-order chi connectivity index (χ0) is 10.7. The summed E-state index contributed by atoms with van der Waals surface area (Å²) < 4.78 is 5.01. The van der Waals surface area contributed by atoms with E-state index in [2.05, 4.69) is 5.32 Å². The lowest BCUT2D eigenvalue weighted by molar-refractivity contribution is 0.0997. The first-order valence-electron chi connectivity index (χ1n) is 3.95. The average molecular weight is 215 g/mol. The lowest BCUT2D eigenvalue weighted by Gasteiger charge is -2.11. The molecule has 0 saturated carbocycles. The van der Waals surface area contributed by atoms with Crippen LogP contribution in [0.1, 0.15) is 10.4 Å². The monoisotopic (exact) mass is 214 g/mol. The van der Waals surface area contributed by atoms with Crippen LogP contribution in [0.25, 0.3) is 0 Å². The molecule has 0 spiro atoms. The summed E-state index contributed by atoms with van der Waals surface area (Å²) in [5.74, 6) is -0.266. The maximum Gasteiger partial charge on any atom is 0.252 e. The van der Waals surface area contributed by atoms with E-state index in [-0.39, 0.29) is 5.56 Å². The van der Waals surface area contributed by atoms with Crippen LogP contribution in [-0.4, -0.2) is 20.1 Å². The number of benzene rings is 1. The van der Waals surface area contributed by atoms with Gasteiger partial charge < -0.3 is 15.8 Å². The Hall–Kier alpha value is -1.42. The van der Waals surface area contributed by atoms with E-state index in [4.69, 9.17) is 22.1 Å². The van der Waals surface area contributed by atoms with Crippen LogP contribution >= 0.6 is 11.6 Å². The van der Waals surface area contributed by atoms with Crippen molar-refractivity contribution in [3.05, 3.63) is 22.7 Å². The Morgan fingerprint density at radius 2 is 2.21 bits per heavy atom. The second-order valence-corrected chi connectivity index (χ2v) is 3.00. The Labute approximate surface area is 87.0 Å². The lowest BCUT2D eigenvalue weighted by Crippen LogP contribution is -2.13. The fourth-order valence-electron chi connectivity index (χ4n) is 1.14. The Bertz CT molecular complexity index is 366. The van der Waals surface area contributed by atoms with E-state index in [9.17, 15) is 4.79 Å². The molecule has 0 aliphatic heterocycles. The van der Waals surface area contributed by atoms with Crippen molar-refractivity contribution in [1.29, 1.82) is 0 Å². The number of methoxy groups -OCH3 is 1. The van der Waals surface area contributed by atoms with Crippen LogP contribution in [0.15, 0.2) is 12.1 Å². The number of nitrogens with one attached hydrogen (secondary N) is 1. The van der Waals surface area contributed by atoms with Crippen molar-refractivity contribution in [2.45, 2.75) is 0 Å². The van der Waals surface area contributed by atoms with E-state index in [1.807, 2.05) is 0 Å². The third-order valence-corrected chi connectivity index (χ3v) is 2.21. The number of primary amides is 1. The Balaban J connectivity index is 3.35. The van der Waals surface area contributed by atoms with Crippen molar-refractivity contribution in [3.8, 4) is 5.75 Å². The molecule has 1 rings (SSSR count). The molecule has 14 heavy (non-hydrogen) atoms. The number of rotatable bonds is 3. The van der Waals surface area contributed by atoms with Gasteiger partial charge in [-0.05, 0) is 12.1 Å². The van der Waals surface area contributed by atoms with Crippen molar-refractivity contribution in [1.82, 2.24) is 0 Å². The highest BCUT2D eigenvalue weighted by Gasteiger charge is 2.14. The molecule has 0 fully saturated rings. The minimum Gasteiger partial charge on any atom is -0.494 e. The van der Waals surface area contributed by atoms with Gasteiger partial charge in [0.25, 0.3) is 5.91 Å². The van der Waals surface area contributed by atoms with Crippen LogP contribution in [0.4, 0.5) is 5.69 Å². The maximum atomic E-state index is 11.0. The van der Waals surface area contributed by atoms with Gasteiger partial charge in [0.2, 0.25) is 0 Å². The molecule has 1 aromatic rings. The van der Waals surface area contributed by atoms with Gasteiger partial charge in [-0.3, -0.25) is 4.79 Å². The minimum absolute atomic E-state index is 0.275. The van der Waals surface area contributed by atoms with Crippen LogP contribution in [0.2, 0.25) is 5.02 Å². The molecule has 0 radical (unpaired) electrons. The van der Waals surface area contributed by atoms with E-state index < -0.39 is 5.91 Å². The third kappa shape index (κ3) is 1.75. The van der Waals surface area contributed by atoms with E-state index in [0.29, 0.717) is 16.5 Å². The Morgan fingerprint density at radius 1 is 1.57 bits per heavy atom. The molecule has 0 saturated heterocycles. The predicted octanol–water partition coefficient (Wildman–Crippen LogP) is 1.49. The molecule has 0 bridgehead atoms. The molecule has 1 aromatic carbocycles. The molecule has 0 aliphatic rings. The summed E-state index contributed by atoms with van der Waals surface area (Å²) in [5, 5.41) is 3.23. The van der Waals surface area contributed by atoms with Crippen molar-refractivity contribution < 1.29 is 9.53 Å². The summed E-state index contributed by atoms with van der Waals surface area (Å²) in [6.45, 7) is 0. The summed E-state index contributed by atoms with van der Waals surface area (Å²) in [5.41, 5.74) is 6.12. The number of hydrogen-bond acceptors (Lipinski definition) is 3. The smallest absolute Gasteiger partial charge is 0.252 e. The van der Waals surface area contributed by atoms with Gasteiger partial charge >= 0.3 is 0 Å². The summed E-state index contributed by atoms with van der Waals surface area (Å²) >= 11 is 5.96. The van der Waals surface area contributed by atoms with E-state index in [1.165, 1.54) is 7.11 Å². The van der Waals surface area contributed by atoms with E-state index >= 15 is 0 Å². The molecule has 0 aliphatic carbocycles. The quantitative estimate of drug-likeness (QED) is 0.801. The van der Waals surface area contributed by atoms with Crippen LogP contribution in [0.3, 0.4) is 0 Å². The van der Waals surface area contributed by atoms with Crippen molar-refractivity contribution >= 4 is 23.2 Å². The minimum atomic E-state index is -0.564. The van der Waals surface area contributed by atoms with Crippen molar-refractivity contribution in [2.24, 2.45) is 5.73 Å². The zero-order valence-electron chi connectivity index (χ0n) is 7.93. The Morgan fingerprint density at radius 3 is 2.64 bits per heavy atom. The SMILES string of the molecule is CNc1ccc(C(N)=O)c(OC)c1Cl. The van der Waals surface area contributed by atoms with Crippen molar-refractivity contribution in [2.75, 3.05) is 19.5 Å². The van der Waals surface area contributed by atoms with Crippen LogP contribution in [0.5, 0.6) is 5.75 Å². The molecular weight excluding hydrogens is 204 g/mol. The number of anilines is 1. The standard InChI is InChI=1S/C9H11ClN2O2/c1-12-6-4-3-5(9(11)13)8(14-2)7(6)10/h3-4,12H,1-2H3,(H2,11,13). The fraction of sp³-hybridized carbons (Fsp3) is 0.222. The molecule has 1 amide bonds. The third-order valence-electron chi connectivity index (χ3n) is 1.84. The van der Waals surface area contributed by atoms with Crippen LogP contribution in [0, 0.1) is 0 Å².